The van der Waals surface area contributed by atoms with Crippen molar-refractivity contribution in [1.29, 1.82) is 0 Å². The van der Waals surface area contributed by atoms with Crippen molar-refractivity contribution in [3.63, 3.8) is 0 Å². The van der Waals surface area contributed by atoms with Crippen LogP contribution in [-0.4, -0.2) is 47.3 Å². The molecule has 194 valence electrons. The van der Waals surface area contributed by atoms with E-state index in [9.17, 15) is 8.78 Å². The zero-order chi connectivity index (χ0) is 26.3. The zero-order valence-corrected chi connectivity index (χ0v) is 23.9. The number of halogens is 2. The summed E-state index contributed by atoms with van der Waals surface area (Å²) in [5.41, 5.74) is 2.12. The van der Waals surface area contributed by atoms with Crippen molar-refractivity contribution in [1.82, 2.24) is 14.8 Å². The lowest BCUT2D eigenvalue weighted by Crippen LogP contribution is -2.45. The molecular weight excluding hydrogens is 496 g/mol. The van der Waals surface area contributed by atoms with E-state index < -0.39 is 20.0 Å². The Kier molecular flexibility index (Phi) is 7.38. The number of hydrogen-bond donors (Lipinski definition) is 0. The molecule has 1 atom stereocenters. The normalized spacial score (nSPS) is 18.6. The summed E-state index contributed by atoms with van der Waals surface area (Å²) in [6, 6.07) is 9.48. The lowest BCUT2D eigenvalue weighted by molar-refractivity contribution is 0.252. The molecule has 9 heteroatoms. The van der Waals surface area contributed by atoms with Crippen LogP contribution in [-0.2, 0) is 17.4 Å². The number of hydrogen-bond acceptors (Lipinski definition) is 5. The van der Waals surface area contributed by atoms with Crippen LogP contribution in [0.4, 0.5) is 8.78 Å². The summed E-state index contributed by atoms with van der Waals surface area (Å²) in [4.78, 5) is 0. The first-order valence-corrected chi connectivity index (χ1v) is 16.1. The topological polar surface area (TPSA) is 49.2 Å². The van der Waals surface area contributed by atoms with E-state index in [0.717, 1.165) is 47.6 Å². The standard InChI is InChI=1S/C27H35F2N3O2SSi/c1-26(2,3)36(6,7)34-17-27(4)16-24-30-31-25(32(24)12-13-35-27)20-10-8-19(15-23(20)33-5)18-9-11-21(28)22(29)14-18/h8-11,14-15H,12-13,16-17H2,1-7H3. The van der Waals surface area contributed by atoms with Crippen molar-refractivity contribution < 1.29 is 17.9 Å². The Morgan fingerprint density at radius 1 is 1.06 bits per heavy atom. The summed E-state index contributed by atoms with van der Waals surface area (Å²) in [6.45, 7) is 15.1. The maximum atomic E-state index is 13.8. The van der Waals surface area contributed by atoms with Gasteiger partial charge in [0.2, 0.25) is 0 Å². The summed E-state index contributed by atoms with van der Waals surface area (Å²) < 4.78 is 41.5. The maximum Gasteiger partial charge on any atom is 0.192 e. The van der Waals surface area contributed by atoms with E-state index in [4.69, 9.17) is 9.16 Å². The molecule has 36 heavy (non-hydrogen) atoms. The highest BCUT2D eigenvalue weighted by Gasteiger charge is 2.40. The van der Waals surface area contributed by atoms with Crippen LogP contribution in [0.1, 0.15) is 33.5 Å². The van der Waals surface area contributed by atoms with E-state index in [1.807, 2.05) is 30.0 Å². The highest BCUT2D eigenvalue weighted by Crippen LogP contribution is 2.41. The Morgan fingerprint density at radius 2 is 1.75 bits per heavy atom. The lowest BCUT2D eigenvalue weighted by Gasteiger charge is -2.39. The second-order valence-electron chi connectivity index (χ2n) is 11.2. The van der Waals surface area contributed by atoms with Crippen molar-refractivity contribution in [2.75, 3.05) is 19.5 Å². The first kappa shape index (κ1) is 26.8. The molecule has 0 bridgehead atoms. The Hall–Kier alpha value is -2.23. The van der Waals surface area contributed by atoms with Gasteiger partial charge in [0.25, 0.3) is 0 Å². The van der Waals surface area contributed by atoms with Crippen molar-refractivity contribution in [2.24, 2.45) is 0 Å². The second kappa shape index (κ2) is 9.91. The highest BCUT2D eigenvalue weighted by molar-refractivity contribution is 8.00. The van der Waals surface area contributed by atoms with Gasteiger partial charge < -0.3 is 13.7 Å². The number of thioether (sulfide) groups is 1. The third-order valence-electron chi connectivity index (χ3n) is 7.36. The number of nitrogens with zero attached hydrogens (tertiary/aromatic N) is 3. The fourth-order valence-corrected chi connectivity index (χ4v) is 6.40. The van der Waals surface area contributed by atoms with Crippen molar-refractivity contribution in [3.05, 3.63) is 53.9 Å². The number of rotatable bonds is 6. The molecule has 2 aromatic carbocycles. The molecule has 1 aliphatic heterocycles. The van der Waals surface area contributed by atoms with E-state index in [0.29, 0.717) is 17.9 Å². The van der Waals surface area contributed by atoms with Crippen molar-refractivity contribution in [2.45, 2.75) is 63.5 Å². The summed E-state index contributed by atoms with van der Waals surface area (Å²) in [5, 5.41) is 9.27. The fourth-order valence-electron chi connectivity index (χ4n) is 4.04. The predicted molar refractivity (Wildman–Crippen MR) is 145 cm³/mol. The van der Waals surface area contributed by atoms with Crippen molar-refractivity contribution in [3.8, 4) is 28.3 Å². The zero-order valence-electron chi connectivity index (χ0n) is 22.1. The van der Waals surface area contributed by atoms with Crippen LogP contribution >= 0.6 is 11.8 Å². The van der Waals surface area contributed by atoms with Crippen LogP contribution in [0.25, 0.3) is 22.5 Å². The van der Waals surface area contributed by atoms with E-state index in [2.05, 4.69) is 55.6 Å². The van der Waals surface area contributed by atoms with Crippen LogP contribution in [0, 0.1) is 11.6 Å². The fraction of sp³-hybridized carbons (Fsp3) is 0.481. The molecule has 0 saturated heterocycles. The molecule has 2 heterocycles. The smallest absolute Gasteiger partial charge is 0.192 e. The Labute approximate surface area is 217 Å². The summed E-state index contributed by atoms with van der Waals surface area (Å²) in [5.74, 6) is 1.46. The Balaban J connectivity index is 1.61. The van der Waals surface area contributed by atoms with Crippen LogP contribution in [0.3, 0.4) is 0 Å². The van der Waals surface area contributed by atoms with E-state index in [1.165, 1.54) is 6.07 Å². The van der Waals surface area contributed by atoms with Gasteiger partial charge in [-0.3, -0.25) is 0 Å². The van der Waals surface area contributed by atoms with E-state index in [1.54, 1.807) is 13.2 Å². The second-order valence-corrected chi connectivity index (χ2v) is 17.7. The summed E-state index contributed by atoms with van der Waals surface area (Å²) in [6.07, 6.45) is 0.758. The van der Waals surface area contributed by atoms with Crippen LogP contribution < -0.4 is 4.74 Å². The largest absolute Gasteiger partial charge is 0.496 e. The van der Waals surface area contributed by atoms with Gasteiger partial charge in [-0.25, -0.2) is 8.78 Å². The first-order valence-electron chi connectivity index (χ1n) is 12.2. The Bertz CT molecular complexity index is 1260. The molecule has 0 spiro atoms. The maximum absolute atomic E-state index is 13.8. The molecule has 1 aliphatic rings. The third-order valence-corrected chi connectivity index (χ3v) is 13.2. The minimum Gasteiger partial charge on any atom is -0.496 e. The average molecular weight is 532 g/mol. The van der Waals surface area contributed by atoms with Crippen molar-refractivity contribution >= 4 is 20.1 Å². The molecule has 3 aromatic rings. The molecule has 1 aromatic heterocycles. The average Bonchev–Trinajstić information content (AvgIpc) is 3.11. The minimum atomic E-state index is -1.86. The number of ether oxygens (including phenoxy) is 1. The molecule has 0 aliphatic carbocycles. The van der Waals surface area contributed by atoms with Gasteiger partial charge in [0.15, 0.2) is 25.8 Å². The summed E-state index contributed by atoms with van der Waals surface area (Å²) in [7, 11) is -0.265. The molecule has 4 rings (SSSR count). The molecule has 0 amide bonds. The number of aromatic nitrogens is 3. The summed E-state index contributed by atoms with van der Waals surface area (Å²) >= 11 is 1.93. The van der Waals surface area contributed by atoms with Gasteiger partial charge in [0, 0.05) is 30.1 Å². The van der Waals surface area contributed by atoms with Gasteiger partial charge in [-0.05, 0) is 60.4 Å². The monoisotopic (exact) mass is 531 g/mol. The molecule has 0 radical (unpaired) electrons. The SMILES string of the molecule is COc1cc(-c2ccc(F)c(F)c2)ccc1-c1nnc2n1CCSC(C)(CO[Si](C)(C)C(C)(C)C)C2. The highest BCUT2D eigenvalue weighted by atomic mass is 32.2. The predicted octanol–water partition coefficient (Wildman–Crippen LogP) is 6.97. The van der Waals surface area contributed by atoms with Gasteiger partial charge in [0.1, 0.15) is 11.6 Å². The van der Waals surface area contributed by atoms with Gasteiger partial charge in [-0.2, -0.15) is 11.8 Å². The molecular formula is C27H35F2N3O2SSi. The van der Waals surface area contributed by atoms with Crippen LogP contribution in [0.5, 0.6) is 5.75 Å². The van der Waals surface area contributed by atoms with Crippen LogP contribution in [0.15, 0.2) is 36.4 Å². The van der Waals surface area contributed by atoms with Gasteiger partial charge >= 0.3 is 0 Å². The Morgan fingerprint density at radius 3 is 2.42 bits per heavy atom. The van der Waals surface area contributed by atoms with Crippen LogP contribution in [0.2, 0.25) is 18.1 Å². The quantitative estimate of drug-likeness (QED) is 0.322. The van der Waals surface area contributed by atoms with E-state index >= 15 is 0 Å². The molecule has 0 N–H and O–H groups in total. The third kappa shape index (κ3) is 5.38. The first-order chi connectivity index (χ1) is 16.8. The molecule has 1 unspecified atom stereocenters. The number of methoxy groups -OCH3 is 1. The molecule has 0 fully saturated rings. The van der Waals surface area contributed by atoms with Gasteiger partial charge in [-0.15, -0.1) is 10.2 Å². The van der Waals surface area contributed by atoms with E-state index in [-0.39, 0.29) is 9.79 Å². The lowest BCUT2D eigenvalue weighted by atomic mass is 10.0. The molecule has 0 saturated carbocycles. The number of benzene rings is 2. The van der Waals surface area contributed by atoms with Gasteiger partial charge in [-0.1, -0.05) is 32.9 Å². The molecule has 5 nitrogen and oxygen atoms in total. The minimum absolute atomic E-state index is 0.0886. The number of fused-ring (bicyclic) bond motifs is 1. The van der Waals surface area contributed by atoms with Gasteiger partial charge in [0.05, 0.1) is 12.7 Å².